The Bertz CT molecular complexity index is 1720. The number of fused-ring (bicyclic) bond motifs is 7. The van der Waals surface area contributed by atoms with Crippen LogP contribution in [0, 0.1) is 50.2 Å². The molecule has 1 saturated heterocycles. The number of carbonyl (C=O) groups is 4. The van der Waals surface area contributed by atoms with E-state index < -0.39 is 10.8 Å². The number of esters is 2. The molecular weight excluding hydrogens is 763 g/mol. The van der Waals surface area contributed by atoms with Gasteiger partial charge in [-0.25, -0.2) is 0 Å². The van der Waals surface area contributed by atoms with Crippen molar-refractivity contribution in [1.82, 2.24) is 5.32 Å². The van der Waals surface area contributed by atoms with Crippen LogP contribution < -0.4 is 5.32 Å². The van der Waals surface area contributed by atoms with Crippen molar-refractivity contribution in [2.45, 2.75) is 163 Å². The fourth-order valence-corrected chi connectivity index (χ4v) is 16.4. The first-order chi connectivity index (χ1) is 27.6. The topological polar surface area (TPSA) is 98.8 Å². The van der Waals surface area contributed by atoms with Crippen LogP contribution in [0.5, 0.6) is 0 Å². The van der Waals surface area contributed by atoms with Crippen LogP contribution in [-0.4, -0.2) is 47.8 Å². The molecule has 1 aliphatic heterocycles. The van der Waals surface area contributed by atoms with Gasteiger partial charge in [0.2, 0.25) is 5.91 Å². The Morgan fingerprint density at radius 3 is 2.38 bits per heavy atom. The molecule has 5 fully saturated rings. The van der Waals surface area contributed by atoms with Crippen molar-refractivity contribution in [3.8, 4) is 0 Å². The van der Waals surface area contributed by atoms with Crippen molar-refractivity contribution >= 4 is 45.2 Å². The van der Waals surface area contributed by atoms with Gasteiger partial charge in [0.1, 0.15) is 19.0 Å². The Morgan fingerprint density at radius 2 is 1.62 bits per heavy atom. The summed E-state index contributed by atoms with van der Waals surface area (Å²) in [7, 11) is 3.95. The predicted octanol–water partition coefficient (Wildman–Crippen LogP) is 11.2. The van der Waals surface area contributed by atoms with Gasteiger partial charge in [0.25, 0.3) is 0 Å². The smallest absolute Gasteiger partial charge is 0.313 e. The quantitative estimate of drug-likeness (QED) is 0.0856. The van der Waals surface area contributed by atoms with E-state index in [1.54, 1.807) is 0 Å². The fourth-order valence-electron chi connectivity index (χ4n) is 13.4. The number of ketones is 1. The average molecular weight is 834 g/mol. The SMILES string of the molecule is CC1(C)CC[C@]2(C(=O)OCc3ccccc3)CC[C@]3(C)C(=CC[C@@H]4[C@@]5(C)CCC(=O)[C@@](C)(COC(=O)CCCNC(=O)CCCC[C@@H]6CCSS6)[C@@H]5CC[C@]43C)[C@@H]2C1. The molecule has 1 aromatic rings. The van der Waals surface area contributed by atoms with Crippen LogP contribution in [-0.2, 0) is 35.3 Å². The predicted molar refractivity (Wildman–Crippen MR) is 235 cm³/mol. The summed E-state index contributed by atoms with van der Waals surface area (Å²) in [6, 6.07) is 10.1. The monoisotopic (exact) mass is 833 g/mol. The highest BCUT2D eigenvalue weighted by atomic mass is 33.1. The molecule has 0 radical (unpaired) electrons. The minimum Gasteiger partial charge on any atom is -0.465 e. The van der Waals surface area contributed by atoms with Gasteiger partial charge in [0, 0.05) is 36.8 Å². The third kappa shape index (κ3) is 8.23. The number of amides is 1. The Kier molecular flexibility index (Phi) is 13.0. The third-order valence-corrected chi connectivity index (χ3v) is 20.1. The molecule has 58 heavy (non-hydrogen) atoms. The Balaban J connectivity index is 0.994. The third-order valence-electron chi connectivity index (χ3n) is 17.1. The van der Waals surface area contributed by atoms with Crippen LogP contribution in [0.1, 0.15) is 156 Å². The normalized spacial score (nSPS) is 37.6. The molecule has 0 aromatic heterocycles. The van der Waals surface area contributed by atoms with E-state index in [2.05, 4.69) is 52.9 Å². The molecule has 9 atom stereocenters. The molecular formula is C49H71NO6S2. The summed E-state index contributed by atoms with van der Waals surface area (Å²) in [4.78, 5) is 53.8. The summed E-state index contributed by atoms with van der Waals surface area (Å²) in [6.07, 6.45) is 17.3. The molecule has 1 N–H and O–H groups in total. The summed E-state index contributed by atoms with van der Waals surface area (Å²) in [5, 5.41) is 3.72. The molecule has 6 aliphatic rings. The molecule has 0 unspecified atom stereocenters. The summed E-state index contributed by atoms with van der Waals surface area (Å²) in [5.74, 6) is 1.90. The summed E-state index contributed by atoms with van der Waals surface area (Å²) < 4.78 is 12.2. The van der Waals surface area contributed by atoms with Crippen molar-refractivity contribution < 1.29 is 28.7 Å². The zero-order valence-corrected chi connectivity index (χ0v) is 38.0. The van der Waals surface area contributed by atoms with Crippen molar-refractivity contribution in [1.29, 1.82) is 0 Å². The molecule has 1 amide bonds. The van der Waals surface area contributed by atoms with Gasteiger partial charge >= 0.3 is 11.9 Å². The molecule has 4 saturated carbocycles. The van der Waals surface area contributed by atoms with Crippen LogP contribution in [0.4, 0.5) is 0 Å². The zero-order chi connectivity index (χ0) is 41.4. The van der Waals surface area contributed by atoms with E-state index >= 15 is 0 Å². The van der Waals surface area contributed by atoms with Gasteiger partial charge in [0.05, 0.1) is 10.8 Å². The van der Waals surface area contributed by atoms with Crippen molar-refractivity contribution in [3.63, 3.8) is 0 Å². The van der Waals surface area contributed by atoms with Crippen LogP contribution in [0.2, 0.25) is 0 Å². The average Bonchev–Trinajstić information content (AvgIpc) is 3.72. The number of hydrogen-bond acceptors (Lipinski definition) is 8. The maximum atomic E-state index is 14.4. The lowest BCUT2D eigenvalue weighted by Crippen LogP contribution is -2.65. The van der Waals surface area contributed by atoms with Crippen LogP contribution in [0.25, 0.3) is 0 Å². The zero-order valence-electron chi connectivity index (χ0n) is 36.4. The number of unbranched alkanes of at least 4 members (excludes halogenated alkanes) is 1. The lowest BCUT2D eigenvalue weighted by molar-refractivity contribution is -0.198. The van der Waals surface area contributed by atoms with Gasteiger partial charge in [-0.3, -0.25) is 19.2 Å². The van der Waals surface area contributed by atoms with Gasteiger partial charge in [-0.2, -0.15) is 0 Å². The Morgan fingerprint density at radius 1 is 0.845 bits per heavy atom. The van der Waals surface area contributed by atoms with Gasteiger partial charge in [-0.05, 0) is 135 Å². The Labute approximate surface area is 356 Å². The standard InChI is InChI=1S/C49H71NO6S2/c1-44(2)25-27-49(43(54)55-32-34-13-8-7-9-14-34)28-26-47(5)36(37(49)31-44)18-19-39-45(3)23-21-40(51)46(4,38(45)20-24-48(39,47)6)33-56-42(53)17-12-29-50-41(52)16-11-10-15-35-22-30-57-58-35/h7-9,13-14,18,35,37-39H,10-12,15-17,19-33H2,1-6H3,(H,50,52)/t35-,37+,38-,39-,45+,46+,47-,48-,49+/m1/s1. The van der Waals surface area contributed by atoms with Gasteiger partial charge in [-0.1, -0.05) is 105 Å². The van der Waals surface area contributed by atoms with E-state index in [-0.39, 0.29) is 70.2 Å². The number of allylic oxidation sites excluding steroid dienone is 2. The number of rotatable bonds is 14. The number of benzene rings is 1. The second-order valence-electron chi connectivity index (χ2n) is 21.0. The molecule has 1 heterocycles. The van der Waals surface area contributed by atoms with E-state index in [9.17, 15) is 19.2 Å². The lowest BCUT2D eigenvalue weighted by Gasteiger charge is -2.70. The highest BCUT2D eigenvalue weighted by Gasteiger charge is 2.70. The maximum Gasteiger partial charge on any atom is 0.313 e. The van der Waals surface area contributed by atoms with Crippen LogP contribution in [0.3, 0.4) is 0 Å². The van der Waals surface area contributed by atoms with Crippen molar-refractivity contribution in [2.24, 2.45) is 50.2 Å². The number of carbonyl (C=O) groups excluding carboxylic acids is 4. The molecule has 7 rings (SSSR count). The second kappa shape index (κ2) is 17.2. The minimum absolute atomic E-state index is 0.0117. The van der Waals surface area contributed by atoms with Crippen LogP contribution in [0.15, 0.2) is 42.0 Å². The first-order valence-electron chi connectivity index (χ1n) is 22.7. The van der Waals surface area contributed by atoms with Crippen molar-refractivity contribution in [2.75, 3.05) is 18.9 Å². The first kappa shape index (κ1) is 43.8. The molecule has 0 bridgehead atoms. The highest BCUT2D eigenvalue weighted by Crippen LogP contribution is 2.75. The summed E-state index contributed by atoms with van der Waals surface area (Å²) in [5.41, 5.74) is 1.34. The summed E-state index contributed by atoms with van der Waals surface area (Å²) in [6.45, 7) is 15.2. The van der Waals surface area contributed by atoms with Gasteiger partial charge in [-0.15, -0.1) is 0 Å². The largest absolute Gasteiger partial charge is 0.465 e. The fraction of sp³-hybridized carbons (Fsp3) is 0.755. The lowest BCUT2D eigenvalue weighted by atomic mass is 9.33. The first-order valence-corrected chi connectivity index (χ1v) is 25.1. The number of Topliss-reactive ketones (excluding diaryl/α,β-unsaturated/α-hetero) is 1. The second-order valence-corrected chi connectivity index (χ2v) is 23.8. The van der Waals surface area contributed by atoms with Gasteiger partial charge < -0.3 is 14.8 Å². The van der Waals surface area contributed by atoms with E-state index in [1.165, 1.54) is 24.2 Å². The number of nitrogens with one attached hydrogen (secondary N) is 1. The molecule has 5 aliphatic carbocycles. The number of hydrogen-bond donors (Lipinski definition) is 1. The summed E-state index contributed by atoms with van der Waals surface area (Å²) >= 11 is 0. The van der Waals surface area contributed by atoms with E-state index in [4.69, 9.17) is 9.47 Å². The highest BCUT2D eigenvalue weighted by molar-refractivity contribution is 8.77. The maximum absolute atomic E-state index is 14.4. The molecule has 7 nitrogen and oxygen atoms in total. The Hall–Kier alpha value is -2.26. The van der Waals surface area contributed by atoms with E-state index in [0.717, 1.165) is 81.4 Å². The van der Waals surface area contributed by atoms with Gasteiger partial charge in [0.15, 0.2) is 0 Å². The molecule has 0 spiro atoms. The van der Waals surface area contributed by atoms with E-state index in [1.807, 2.05) is 51.9 Å². The molecule has 1 aromatic carbocycles. The van der Waals surface area contributed by atoms with Crippen LogP contribution >= 0.6 is 21.6 Å². The number of ether oxygens (including phenoxy) is 2. The molecule has 320 valence electrons. The van der Waals surface area contributed by atoms with Crippen molar-refractivity contribution in [3.05, 3.63) is 47.5 Å². The minimum atomic E-state index is -0.726. The van der Waals surface area contributed by atoms with E-state index in [0.29, 0.717) is 38.3 Å². The molecule has 9 heteroatoms.